The Kier molecular flexibility index (Phi) is 14.2. The Labute approximate surface area is 291 Å². The number of cyclic esters (lactones) is 1. The number of ether oxygens (including phenoxy) is 4. The van der Waals surface area contributed by atoms with Crippen molar-refractivity contribution >= 4 is 11.9 Å². The highest BCUT2D eigenvalue weighted by atomic mass is 16.7. The van der Waals surface area contributed by atoms with E-state index in [1.807, 2.05) is 44.8 Å². The van der Waals surface area contributed by atoms with Gasteiger partial charge < -0.3 is 49.2 Å². The van der Waals surface area contributed by atoms with Crippen molar-refractivity contribution in [2.45, 2.75) is 141 Å². The Hall–Kier alpha value is -2.23. The number of aromatic nitrogens is 1. The van der Waals surface area contributed by atoms with Crippen LogP contribution in [0.4, 0.5) is 0 Å². The van der Waals surface area contributed by atoms with Crippen molar-refractivity contribution in [2.75, 3.05) is 27.7 Å². The Morgan fingerprint density at radius 1 is 1.10 bits per heavy atom. The van der Waals surface area contributed by atoms with Gasteiger partial charge in [-0.15, -0.1) is 0 Å². The molecule has 13 heteroatoms. The molecule has 13 nitrogen and oxygen atoms in total. The molecule has 3 rings (SSSR count). The standard InChI is InChI=1S/C36H61N3O10/c1-12-27-36(8,45)30(41)24(6)39(11)19-20(2)18-35(7,44)31(49-34-28(40)26(38(9)10)17-21(3)46-34)22(4)29(23(5)32(42)47-27)48-33(43)25-13-15-37-16-14-25/h13-16,20-24,26-31,34,40-41,44-45H,12,17-19H2,1-11H3/t20-,21-,22+,23-,24-,26+,27?,28-,29+,30-,31-,34+,35-,36-/m1/s1. The molecular formula is C36H61N3O10. The minimum atomic E-state index is -1.82. The van der Waals surface area contributed by atoms with Crippen molar-refractivity contribution in [3.05, 3.63) is 30.1 Å². The van der Waals surface area contributed by atoms with Gasteiger partial charge in [-0.2, -0.15) is 0 Å². The fourth-order valence-electron chi connectivity index (χ4n) is 7.61. The molecule has 14 atom stereocenters. The average Bonchev–Trinajstić information content (AvgIpc) is 3.03. The van der Waals surface area contributed by atoms with Crippen molar-refractivity contribution in [2.24, 2.45) is 17.8 Å². The summed E-state index contributed by atoms with van der Waals surface area (Å²) < 4.78 is 24.7. The molecule has 280 valence electrons. The molecule has 1 aromatic rings. The van der Waals surface area contributed by atoms with Crippen LogP contribution in [0, 0.1) is 17.8 Å². The topological polar surface area (TPSA) is 171 Å². The van der Waals surface area contributed by atoms with Gasteiger partial charge in [0.2, 0.25) is 0 Å². The summed E-state index contributed by atoms with van der Waals surface area (Å²) in [6.07, 6.45) is -3.30. The number of carbonyl (C=O) groups excluding carboxylic acids is 2. The van der Waals surface area contributed by atoms with Gasteiger partial charge in [-0.05, 0) is 93.1 Å². The number of likely N-dealkylation sites (N-methyl/N-ethyl adjacent to an activating group) is 2. The third kappa shape index (κ3) is 9.76. The molecule has 0 saturated carbocycles. The molecule has 2 aliphatic rings. The number of aliphatic hydroxyl groups is 4. The lowest BCUT2D eigenvalue weighted by atomic mass is 9.77. The van der Waals surface area contributed by atoms with Gasteiger partial charge in [-0.3, -0.25) is 9.78 Å². The number of hydrogen-bond acceptors (Lipinski definition) is 13. The first-order chi connectivity index (χ1) is 22.7. The van der Waals surface area contributed by atoms with Crippen LogP contribution in [0.5, 0.6) is 0 Å². The van der Waals surface area contributed by atoms with E-state index in [9.17, 15) is 30.0 Å². The summed E-state index contributed by atoms with van der Waals surface area (Å²) in [6.45, 7) is 14.2. The number of nitrogens with zero attached hydrogens (tertiary/aromatic N) is 3. The first kappa shape index (κ1) is 41.2. The third-order valence-corrected chi connectivity index (χ3v) is 10.6. The molecule has 0 aliphatic carbocycles. The van der Waals surface area contributed by atoms with Gasteiger partial charge in [0.05, 0.1) is 29.3 Å². The Morgan fingerprint density at radius 3 is 2.29 bits per heavy atom. The van der Waals surface area contributed by atoms with Gasteiger partial charge in [0.15, 0.2) is 6.29 Å². The maximum absolute atomic E-state index is 14.0. The van der Waals surface area contributed by atoms with Crippen LogP contribution in [-0.4, -0.2) is 141 Å². The van der Waals surface area contributed by atoms with E-state index in [1.54, 1.807) is 34.6 Å². The maximum atomic E-state index is 14.0. The van der Waals surface area contributed by atoms with Crippen molar-refractivity contribution in [3.63, 3.8) is 0 Å². The monoisotopic (exact) mass is 695 g/mol. The molecule has 4 N–H and O–H groups in total. The number of hydrogen-bond donors (Lipinski definition) is 4. The molecule has 1 unspecified atom stereocenters. The lowest BCUT2D eigenvalue weighted by Crippen LogP contribution is -2.59. The molecule has 0 bridgehead atoms. The van der Waals surface area contributed by atoms with E-state index in [0.29, 0.717) is 13.0 Å². The largest absolute Gasteiger partial charge is 0.459 e. The van der Waals surface area contributed by atoms with Crippen LogP contribution in [-0.2, 0) is 23.7 Å². The summed E-state index contributed by atoms with van der Waals surface area (Å²) in [4.78, 5) is 35.3. The van der Waals surface area contributed by atoms with E-state index in [-0.39, 0.29) is 36.5 Å². The number of aliphatic hydroxyl groups excluding tert-OH is 2. The molecule has 0 aromatic carbocycles. The van der Waals surface area contributed by atoms with E-state index in [1.165, 1.54) is 31.5 Å². The molecule has 2 aliphatic heterocycles. The second-order valence-electron chi connectivity index (χ2n) is 15.2. The summed E-state index contributed by atoms with van der Waals surface area (Å²) >= 11 is 0. The van der Waals surface area contributed by atoms with E-state index < -0.39 is 77.8 Å². The molecule has 0 amide bonds. The van der Waals surface area contributed by atoms with Gasteiger partial charge in [0.1, 0.15) is 30.0 Å². The fourth-order valence-corrected chi connectivity index (χ4v) is 7.61. The zero-order chi connectivity index (χ0) is 37.0. The lowest BCUT2D eigenvalue weighted by Gasteiger charge is -2.47. The van der Waals surface area contributed by atoms with Crippen molar-refractivity contribution in [3.8, 4) is 0 Å². The first-order valence-corrected chi connectivity index (χ1v) is 17.5. The van der Waals surface area contributed by atoms with Crippen LogP contribution in [0.3, 0.4) is 0 Å². The highest BCUT2D eigenvalue weighted by molar-refractivity contribution is 5.89. The fraction of sp³-hybridized carbons (Fsp3) is 0.806. The smallest absolute Gasteiger partial charge is 0.338 e. The Morgan fingerprint density at radius 2 is 1.71 bits per heavy atom. The van der Waals surface area contributed by atoms with Gasteiger partial charge >= 0.3 is 11.9 Å². The number of pyridine rings is 1. The molecule has 0 radical (unpaired) electrons. The number of esters is 2. The predicted octanol–water partition coefficient (Wildman–Crippen LogP) is 2.24. The van der Waals surface area contributed by atoms with E-state index in [4.69, 9.17) is 18.9 Å². The highest BCUT2D eigenvalue weighted by Crippen LogP contribution is 2.37. The molecule has 1 aromatic heterocycles. The summed E-state index contributed by atoms with van der Waals surface area (Å²) in [5, 5.41) is 46.8. The number of rotatable bonds is 6. The minimum Gasteiger partial charge on any atom is -0.459 e. The van der Waals surface area contributed by atoms with Gasteiger partial charge in [0, 0.05) is 36.9 Å². The highest BCUT2D eigenvalue weighted by Gasteiger charge is 2.51. The SMILES string of the molecule is CCC1OC(=O)[C@H](C)[C@@H](OC(=O)c2ccncc2)[C@H](C)[C@@H](O[C@@H]2O[C@H](C)C[C@H](N(C)C)[C@H]2O)[C@](C)(O)C[C@@H](C)CN(C)[C@H](C)[C@@H](O)[C@]1(C)O. The molecular weight excluding hydrogens is 634 g/mol. The quantitative estimate of drug-likeness (QED) is 0.320. The van der Waals surface area contributed by atoms with E-state index in [2.05, 4.69) is 4.98 Å². The third-order valence-electron chi connectivity index (χ3n) is 10.6. The molecule has 3 heterocycles. The van der Waals surface area contributed by atoms with Crippen LogP contribution in [0.1, 0.15) is 85.0 Å². The zero-order valence-corrected chi connectivity index (χ0v) is 31.1. The Balaban J connectivity index is 2.16. The maximum Gasteiger partial charge on any atom is 0.338 e. The number of carbonyl (C=O) groups is 2. The van der Waals surface area contributed by atoms with Crippen LogP contribution in [0.25, 0.3) is 0 Å². The second-order valence-corrected chi connectivity index (χ2v) is 15.2. The van der Waals surface area contributed by atoms with E-state index in [0.717, 1.165) is 0 Å². The second kappa shape index (κ2) is 16.9. The van der Waals surface area contributed by atoms with E-state index >= 15 is 0 Å². The van der Waals surface area contributed by atoms with Crippen LogP contribution in [0.15, 0.2) is 24.5 Å². The summed E-state index contributed by atoms with van der Waals surface area (Å²) in [5.74, 6) is -3.61. The molecule has 2 fully saturated rings. The lowest BCUT2D eigenvalue weighted by molar-refractivity contribution is -0.299. The Bertz CT molecular complexity index is 1220. The van der Waals surface area contributed by atoms with Crippen LogP contribution < -0.4 is 0 Å². The molecule has 0 spiro atoms. The van der Waals surface area contributed by atoms with Gasteiger partial charge in [-0.25, -0.2) is 4.79 Å². The summed E-state index contributed by atoms with van der Waals surface area (Å²) in [6, 6.07) is 2.15. The minimum absolute atomic E-state index is 0.163. The van der Waals surface area contributed by atoms with Gasteiger partial charge in [-0.1, -0.05) is 20.8 Å². The summed E-state index contributed by atoms with van der Waals surface area (Å²) in [7, 11) is 5.55. The van der Waals surface area contributed by atoms with Crippen molar-refractivity contribution < 1.29 is 49.0 Å². The van der Waals surface area contributed by atoms with Crippen LogP contribution in [0.2, 0.25) is 0 Å². The van der Waals surface area contributed by atoms with Crippen molar-refractivity contribution in [1.29, 1.82) is 0 Å². The van der Waals surface area contributed by atoms with Gasteiger partial charge in [0.25, 0.3) is 0 Å². The molecule has 2 saturated heterocycles. The average molecular weight is 696 g/mol. The van der Waals surface area contributed by atoms with Crippen LogP contribution >= 0.6 is 0 Å². The normalized spacial score (nSPS) is 42.2. The predicted molar refractivity (Wildman–Crippen MR) is 182 cm³/mol. The first-order valence-electron chi connectivity index (χ1n) is 17.5. The van der Waals surface area contributed by atoms with Crippen molar-refractivity contribution in [1.82, 2.24) is 14.8 Å². The zero-order valence-electron chi connectivity index (χ0n) is 31.1. The summed E-state index contributed by atoms with van der Waals surface area (Å²) in [5.41, 5.74) is -3.21. The molecule has 49 heavy (non-hydrogen) atoms.